The van der Waals surface area contributed by atoms with Crippen LogP contribution in [0.3, 0.4) is 0 Å². The fourth-order valence-corrected chi connectivity index (χ4v) is 4.30. The summed E-state index contributed by atoms with van der Waals surface area (Å²) < 4.78 is 6.07. The minimum absolute atomic E-state index is 0.112. The number of nitrogens with one attached hydrogen (secondary N) is 1. The summed E-state index contributed by atoms with van der Waals surface area (Å²) in [5.74, 6) is 0.602. The number of amides is 1. The van der Waals surface area contributed by atoms with Crippen LogP contribution in [0.2, 0.25) is 0 Å². The topological polar surface area (TPSA) is 38.3 Å². The summed E-state index contributed by atoms with van der Waals surface area (Å²) in [4.78, 5) is 13.0. The third-order valence-corrected chi connectivity index (χ3v) is 5.80. The van der Waals surface area contributed by atoms with Crippen molar-refractivity contribution in [3.63, 3.8) is 0 Å². The summed E-state index contributed by atoms with van der Waals surface area (Å²) in [6.07, 6.45) is 2.21. The van der Waals surface area contributed by atoms with E-state index in [2.05, 4.69) is 41.7 Å². The largest absolute Gasteiger partial charge is 0.481 e. The Morgan fingerprint density at radius 2 is 1.72 bits per heavy atom. The molecule has 1 atom stereocenters. The van der Waals surface area contributed by atoms with Gasteiger partial charge in [-0.25, -0.2) is 0 Å². The van der Waals surface area contributed by atoms with Crippen molar-refractivity contribution in [2.45, 2.75) is 32.3 Å². The average Bonchev–Trinajstić information content (AvgIpc) is 3.18. The lowest BCUT2D eigenvalue weighted by Crippen LogP contribution is -2.32. The molecule has 29 heavy (non-hydrogen) atoms. The van der Waals surface area contributed by atoms with Crippen molar-refractivity contribution in [1.29, 1.82) is 0 Å². The molecular weight excluding hydrogens is 358 g/mol. The van der Waals surface area contributed by atoms with Crippen LogP contribution in [0, 0.1) is 0 Å². The lowest BCUT2D eigenvalue weighted by atomic mass is 10.0. The van der Waals surface area contributed by atoms with Crippen molar-refractivity contribution >= 4 is 33.1 Å². The van der Waals surface area contributed by atoms with E-state index in [-0.39, 0.29) is 5.91 Å². The van der Waals surface area contributed by atoms with Crippen molar-refractivity contribution in [3.05, 3.63) is 83.9 Å². The van der Waals surface area contributed by atoms with Gasteiger partial charge in [0.1, 0.15) is 5.75 Å². The molecule has 5 rings (SSSR count). The quantitative estimate of drug-likeness (QED) is 0.468. The number of fused-ring (bicyclic) bond motifs is 1. The molecule has 0 saturated heterocycles. The second-order valence-electron chi connectivity index (χ2n) is 7.62. The molecule has 1 N–H and O–H groups in total. The molecule has 3 heteroatoms. The summed E-state index contributed by atoms with van der Waals surface area (Å²) in [6, 6.07) is 24.6. The maximum absolute atomic E-state index is 13.0. The molecule has 0 saturated carbocycles. The Kier molecular flexibility index (Phi) is 4.44. The van der Waals surface area contributed by atoms with Gasteiger partial charge in [-0.1, -0.05) is 61.5 Å². The van der Waals surface area contributed by atoms with Gasteiger partial charge in [0.15, 0.2) is 6.10 Å². The van der Waals surface area contributed by atoms with Crippen molar-refractivity contribution in [2.24, 2.45) is 0 Å². The van der Waals surface area contributed by atoms with Gasteiger partial charge < -0.3 is 10.1 Å². The molecule has 4 aromatic rings. The van der Waals surface area contributed by atoms with E-state index in [1.165, 1.54) is 16.5 Å². The number of ether oxygens (including phenoxy) is 1. The van der Waals surface area contributed by atoms with Crippen molar-refractivity contribution in [3.8, 4) is 5.75 Å². The zero-order valence-corrected chi connectivity index (χ0v) is 16.4. The van der Waals surface area contributed by atoms with E-state index in [1.807, 2.05) is 43.3 Å². The van der Waals surface area contributed by atoms with Crippen LogP contribution < -0.4 is 10.1 Å². The molecular formula is C26H23NO2. The fraction of sp³-hybridized carbons (Fsp3) is 0.192. The first-order valence-corrected chi connectivity index (χ1v) is 10.2. The third kappa shape index (κ3) is 3.23. The van der Waals surface area contributed by atoms with E-state index in [0.717, 1.165) is 34.7 Å². The molecule has 0 fully saturated rings. The molecule has 0 aliphatic heterocycles. The lowest BCUT2D eigenvalue weighted by Gasteiger charge is -2.18. The molecule has 1 amide bonds. The molecule has 1 aliphatic carbocycles. The Labute approximate surface area is 170 Å². The van der Waals surface area contributed by atoms with E-state index in [1.54, 1.807) is 0 Å². The van der Waals surface area contributed by atoms with E-state index < -0.39 is 6.10 Å². The van der Waals surface area contributed by atoms with Gasteiger partial charge in [0.25, 0.3) is 5.91 Å². The number of carbonyl (C=O) groups excluding carboxylic acids is 1. The van der Waals surface area contributed by atoms with Gasteiger partial charge in [-0.05, 0) is 64.7 Å². The number of hydrogen-bond donors (Lipinski definition) is 1. The Hall–Kier alpha value is -3.33. The smallest absolute Gasteiger partial charge is 0.265 e. The molecule has 0 bridgehead atoms. The zero-order chi connectivity index (χ0) is 19.8. The minimum Gasteiger partial charge on any atom is -0.481 e. The molecule has 0 unspecified atom stereocenters. The molecule has 0 aromatic heterocycles. The number of hydrogen-bond acceptors (Lipinski definition) is 2. The van der Waals surface area contributed by atoms with Gasteiger partial charge in [0, 0.05) is 11.1 Å². The number of benzene rings is 4. The molecule has 4 aromatic carbocycles. The standard InChI is InChI=1S/C26H23NO2/c1-2-24(29-21-14-12-17-6-3-4-7-20(17)16-21)26(28)27-23-15-13-19-11-10-18-8-5-9-22(23)25(18)19/h3-9,12-16,24H,2,10-11H2,1H3,(H,27,28)/t24-/m1/s1. The zero-order valence-electron chi connectivity index (χ0n) is 16.4. The molecule has 3 nitrogen and oxygen atoms in total. The van der Waals surface area contributed by atoms with Crippen LogP contribution in [0.5, 0.6) is 5.75 Å². The van der Waals surface area contributed by atoms with Crippen LogP contribution >= 0.6 is 0 Å². The van der Waals surface area contributed by atoms with Crippen molar-refractivity contribution in [1.82, 2.24) is 0 Å². The first kappa shape index (κ1) is 17.7. The minimum atomic E-state index is -0.542. The predicted molar refractivity (Wildman–Crippen MR) is 119 cm³/mol. The van der Waals surface area contributed by atoms with E-state index in [4.69, 9.17) is 4.74 Å². The molecule has 1 aliphatic rings. The van der Waals surface area contributed by atoms with Gasteiger partial charge >= 0.3 is 0 Å². The third-order valence-electron chi connectivity index (χ3n) is 5.80. The van der Waals surface area contributed by atoms with E-state index >= 15 is 0 Å². The van der Waals surface area contributed by atoms with Crippen LogP contribution in [0.15, 0.2) is 72.8 Å². The monoisotopic (exact) mass is 381 g/mol. The molecule has 144 valence electrons. The Bertz CT molecular complexity index is 1220. The highest BCUT2D eigenvalue weighted by Gasteiger charge is 2.21. The highest BCUT2D eigenvalue weighted by atomic mass is 16.5. The number of anilines is 1. The maximum Gasteiger partial charge on any atom is 0.265 e. The second-order valence-corrected chi connectivity index (χ2v) is 7.62. The number of aryl methyl sites for hydroxylation is 2. The summed E-state index contributed by atoms with van der Waals surface area (Å²) in [6.45, 7) is 1.97. The highest BCUT2D eigenvalue weighted by molar-refractivity contribution is 6.06. The average molecular weight is 381 g/mol. The first-order chi connectivity index (χ1) is 14.2. The summed E-state index contributed by atoms with van der Waals surface area (Å²) in [7, 11) is 0. The Morgan fingerprint density at radius 3 is 2.55 bits per heavy atom. The molecule has 0 radical (unpaired) electrons. The fourth-order valence-electron chi connectivity index (χ4n) is 4.30. The van der Waals surface area contributed by atoms with Crippen LogP contribution in [-0.2, 0) is 17.6 Å². The van der Waals surface area contributed by atoms with Crippen LogP contribution in [0.25, 0.3) is 21.5 Å². The van der Waals surface area contributed by atoms with E-state index in [0.29, 0.717) is 12.2 Å². The van der Waals surface area contributed by atoms with Gasteiger partial charge in [-0.15, -0.1) is 0 Å². The van der Waals surface area contributed by atoms with Crippen molar-refractivity contribution in [2.75, 3.05) is 5.32 Å². The maximum atomic E-state index is 13.0. The van der Waals surface area contributed by atoms with Gasteiger partial charge in [-0.3, -0.25) is 4.79 Å². The first-order valence-electron chi connectivity index (χ1n) is 10.2. The summed E-state index contributed by atoms with van der Waals surface area (Å²) >= 11 is 0. The second kappa shape index (κ2) is 7.25. The normalized spacial score (nSPS) is 13.6. The summed E-state index contributed by atoms with van der Waals surface area (Å²) in [5, 5.41) is 7.79. The molecule has 0 heterocycles. The van der Waals surface area contributed by atoms with Gasteiger partial charge in [0.2, 0.25) is 0 Å². The molecule has 0 spiro atoms. The number of rotatable bonds is 5. The van der Waals surface area contributed by atoms with Crippen LogP contribution in [-0.4, -0.2) is 12.0 Å². The van der Waals surface area contributed by atoms with E-state index in [9.17, 15) is 4.79 Å². The SMILES string of the molecule is CC[C@@H](Oc1ccc2ccccc2c1)C(=O)Nc1ccc2c3c(cccc13)CC2. The Morgan fingerprint density at radius 1 is 0.931 bits per heavy atom. The number of carbonyl (C=O) groups is 1. The van der Waals surface area contributed by atoms with Crippen LogP contribution in [0.1, 0.15) is 24.5 Å². The van der Waals surface area contributed by atoms with Crippen LogP contribution in [0.4, 0.5) is 5.69 Å². The lowest BCUT2D eigenvalue weighted by molar-refractivity contribution is -0.122. The van der Waals surface area contributed by atoms with Gasteiger partial charge in [-0.2, -0.15) is 0 Å². The predicted octanol–water partition coefficient (Wildman–Crippen LogP) is 5.89. The highest BCUT2D eigenvalue weighted by Crippen LogP contribution is 2.35. The van der Waals surface area contributed by atoms with Gasteiger partial charge in [0.05, 0.1) is 0 Å². The van der Waals surface area contributed by atoms with Crippen molar-refractivity contribution < 1.29 is 9.53 Å². The Balaban J connectivity index is 1.40. The summed E-state index contributed by atoms with van der Waals surface area (Å²) in [5.41, 5.74) is 3.60.